The molecule has 8 nitrogen and oxygen atoms in total. The molecule has 4 N–H and O–H groups in total. The van der Waals surface area contributed by atoms with Crippen LogP contribution in [0.5, 0.6) is 0 Å². The number of anilines is 1. The molecule has 29 heavy (non-hydrogen) atoms. The maximum atomic E-state index is 12.8. The Morgan fingerprint density at radius 3 is 2.69 bits per heavy atom. The summed E-state index contributed by atoms with van der Waals surface area (Å²) in [5.74, 6) is 0.213. The lowest BCUT2D eigenvalue weighted by atomic mass is 9.99. The van der Waals surface area contributed by atoms with Crippen molar-refractivity contribution < 1.29 is 14.1 Å². The van der Waals surface area contributed by atoms with Crippen LogP contribution < -0.4 is 10.5 Å². The first-order chi connectivity index (χ1) is 13.4. The Kier molecular flexibility index (Phi) is 5.83. The van der Waals surface area contributed by atoms with Crippen LogP contribution in [0.4, 0.5) is 10.5 Å². The summed E-state index contributed by atoms with van der Waals surface area (Å²) in [6.07, 6.45) is 3.99. The Morgan fingerprint density at radius 1 is 1.41 bits per heavy atom. The summed E-state index contributed by atoms with van der Waals surface area (Å²) in [5, 5.41) is 19.0. The average molecular weight is 438 g/mol. The highest BCUT2D eigenvalue weighted by molar-refractivity contribution is 7.93. The van der Waals surface area contributed by atoms with Crippen LogP contribution in [-0.2, 0) is 28.4 Å². The standard InChI is InChI=1S/C19H27N5O3S2/c1-10(2)15-11(3)16(12-7-6-8-13(12)22-15)23-18(25)24-29(20,27)14-9-21-17(28-14)19(4,5)26/h9-10,26H,6-8H2,1-5H3,(H3,20,22,23,24,25,27)/t29-/m1/s1. The van der Waals surface area contributed by atoms with Crippen LogP contribution in [0.1, 0.15) is 67.6 Å². The lowest BCUT2D eigenvalue weighted by molar-refractivity contribution is 0.0783. The highest BCUT2D eigenvalue weighted by Gasteiger charge is 2.25. The molecule has 0 saturated heterocycles. The molecule has 0 unspecified atom stereocenters. The van der Waals surface area contributed by atoms with Crippen LogP contribution >= 0.6 is 11.3 Å². The minimum Gasteiger partial charge on any atom is -0.383 e. The second-order valence-electron chi connectivity index (χ2n) is 8.06. The summed E-state index contributed by atoms with van der Waals surface area (Å²) in [5.41, 5.74) is 3.35. The Labute approximate surface area is 175 Å². The molecule has 0 aliphatic heterocycles. The van der Waals surface area contributed by atoms with Crippen molar-refractivity contribution in [3.8, 4) is 0 Å². The fourth-order valence-corrected chi connectivity index (χ4v) is 5.47. The number of thiazole rings is 1. The number of hydrogen-bond acceptors (Lipinski definition) is 6. The summed E-state index contributed by atoms with van der Waals surface area (Å²) < 4.78 is 16.7. The first kappa shape index (κ1) is 21.8. The zero-order chi connectivity index (χ0) is 21.6. The zero-order valence-corrected chi connectivity index (χ0v) is 18.9. The summed E-state index contributed by atoms with van der Waals surface area (Å²) in [6.45, 7) is 9.18. The highest BCUT2D eigenvalue weighted by atomic mass is 32.2. The monoisotopic (exact) mass is 437 g/mol. The molecule has 10 heteroatoms. The summed E-state index contributed by atoms with van der Waals surface area (Å²) in [4.78, 5) is 21.4. The van der Waals surface area contributed by atoms with Crippen molar-refractivity contribution >= 4 is 33.0 Å². The second kappa shape index (κ2) is 7.75. The molecule has 0 fully saturated rings. The second-order valence-corrected chi connectivity index (χ2v) is 11.1. The summed E-state index contributed by atoms with van der Waals surface area (Å²) in [7, 11) is -3.48. The van der Waals surface area contributed by atoms with E-state index in [9.17, 15) is 14.1 Å². The average Bonchev–Trinajstić information content (AvgIpc) is 3.25. The number of fused-ring (bicyclic) bond motifs is 1. The minimum absolute atomic E-state index is 0.143. The summed E-state index contributed by atoms with van der Waals surface area (Å²) >= 11 is 0.979. The van der Waals surface area contributed by atoms with E-state index in [1.165, 1.54) is 6.20 Å². The number of nitrogens with two attached hydrogens (primary N) is 1. The number of aryl methyl sites for hydroxylation is 1. The van der Waals surface area contributed by atoms with E-state index in [0.717, 1.165) is 53.1 Å². The van der Waals surface area contributed by atoms with Crippen molar-refractivity contribution in [2.24, 2.45) is 9.50 Å². The van der Waals surface area contributed by atoms with E-state index in [1.807, 2.05) is 6.92 Å². The van der Waals surface area contributed by atoms with E-state index >= 15 is 0 Å². The molecule has 1 atom stereocenters. The van der Waals surface area contributed by atoms with Gasteiger partial charge in [0.15, 0.2) is 9.92 Å². The molecular formula is C19H27N5O3S2. The third-order valence-electron chi connectivity index (χ3n) is 4.80. The van der Waals surface area contributed by atoms with Gasteiger partial charge in [0.25, 0.3) is 0 Å². The predicted octanol–water partition coefficient (Wildman–Crippen LogP) is 3.62. The molecule has 0 bridgehead atoms. The number of pyridine rings is 1. The Balaban J connectivity index is 1.95. The smallest absolute Gasteiger partial charge is 0.354 e. The van der Waals surface area contributed by atoms with Gasteiger partial charge in [0.2, 0.25) is 0 Å². The molecule has 1 aliphatic rings. The van der Waals surface area contributed by atoms with Crippen molar-refractivity contribution in [1.29, 1.82) is 0 Å². The van der Waals surface area contributed by atoms with E-state index in [0.29, 0.717) is 10.7 Å². The maximum absolute atomic E-state index is 12.8. The Hall–Kier alpha value is -1.88. The Morgan fingerprint density at radius 2 is 2.10 bits per heavy atom. The van der Waals surface area contributed by atoms with Gasteiger partial charge in [0, 0.05) is 11.4 Å². The number of carbonyl (C=O) groups is 1. The fraction of sp³-hybridized carbons (Fsp3) is 0.526. The number of nitrogens with zero attached hydrogens (tertiary/aromatic N) is 3. The van der Waals surface area contributed by atoms with Crippen LogP contribution in [0.15, 0.2) is 14.8 Å². The molecule has 0 saturated carbocycles. The van der Waals surface area contributed by atoms with Gasteiger partial charge in [-0.15, -0.1) is 15.7 Å². The van der Waals surface area contributed by atoms with Gasteiger partial charge in [-0.3, -0.25) is 4.98 Å². The van der Waals surface area contributed by atoms with Gasteiger partial charge in [-0.05, 0) is 57.1 Å². The van der Waals surface area contributed by atoms with Crippen molar-refractivity contribution in [1.82, 2.24) is 9.97 Å². The van der Waals surface area contributed by atoms with Crippen LogP contribution in [0.2, 0.25) is 0 Å². The first-order valence-electron chi connectivity index (χ1n) is 9.47. The topological polar surface area (TPSA) is 131 Å². The largest absolute Gasteiger partial charge is 0.383 e. The van der Waals surface area contributed by atoms with Gasteiger partial charge < -0.3 is 10.4 Å². The quantitative estimate of drug-likeness (QED) is 0.672. The van der Waals surface area contributed by atoms with E-state index in [-0.39, 0.29) is 10.1 Å². The lowest BCUT2D eigenvalue weighted by Crippen LogP contribution is -2.18. The molecule has 1 aliphatic carbocycles. The van der Waals surface area contributed by atoms with Gasteiger partial charge >= 0.3 is 6.03 Å². The molecule has 158 valence electrons. The van der Waals surface area contributed by atoms with Gasteiger partial charge in [0.05, 0.1) is 11.9 Å². The number of carbonyl (C=O) groups excluding carboxylic acids is 1. The van der Waals surface area contributed by atoms with E-state index in [2.05, 4.69) is 28.5 Å². The molecule has 3 rings (SSSR count). The van der Waals surface area contributed by atoms with Gasteiger partial charge in [0.1, 0.15) is 14.8 Å². The van der Waals surface area contributed by atoms with Crippen molar-refractivity contribution in [2.75, 3.05) is 5.32 Å². The van der Waals surface area contributed by atoms with Crippen LogP contribution in [0.3, 0.4) is 0 Å². The van der Waals surface area contributed by atoms with Crippen LogP contribution in [-0.4, -0.2) is 25.3 Å². The number of amides is 2. The van der Waals surface area contributed by atoms with E-state index in [4.69, 9.17) is 10.1 Å². The lowest BCUT2D eigenvalue weighted by Gasteiger charge is -2.17. The van der Waals surface area contributed by atoms with Gasteiger partial charge in [-0.25, -0.2) is 19.1 Å². The summed E-state index contributed by atoms with van der Waals surface area (Å²) in [6, 6.07) is -0.770. The van der Waals surface area contributed by atoms with Gasteiger partial charge in [-0.1, -0.05) is 13.8 Å². The first-order valence-corrected chi connectivity index (χ1v) is 11.9. The number of aliphatic hydroxyl groups is 1. The third kappa shape index (κ3) is 4.50. The van der Waals surface area contributed by atoms with Crippen LogP contribution in [0, 0.1) is 6.92 Å². The van der Waals surface area contributed by atoms with Crippen molar-refractivity contribution in [2.45, 2.75) is 69.6 Å². The molecule has 2 aromatic heterocycles. The zero-order valence-electron chi connectivity index (χ0n) is 17.3. The molecule has 2 heterocycles. The number of aromatic nitrogens is 2. The molecule has 2 amide bonds. The molecule has 0 spiro atoms. The van der Waals surface area contributed by atoms with E-state index < -0.39 is 21.5 Å². The predicted molar refractivity (Wildman–Crippen MR) is 114 cm³/mol. The normalized spacial score (nSPS) is 15.9. The van der Waals surface area contributed by atoms with Crippen molar-refractivity contribution in [3.63, 3.8) is 0 Å². The van der Waals surface area contributed by atoms with Gasteiger partial charge in [-0.2, -0.15) is 0 Å². The Bertz CT molecular complexity index is 1080. The highest BCUT2D eigenvalue weighted by Crippen LogP contribution is 2.35. The molecule has 0 radical (unpaired) electrons. The SMILES string of the molecule is Cc1c(C(C)C)nc2c(c1NC(=O)N=[S@@](N)(=O)c1cnc(C(C)(C)O)s1)CCC2. The fourth-order valence-electron chi connectivity index (χ4n) is 3.41. The third-order valence-corrected chi connectivity index (χ3v) is 7.99. The number of urea groups is 1. The number of nitrogens with one attached hydrogen (secondary N) is 1. The number of rotatable bonds is 4. The maximum Gasteiger partial charge on any atom is 0.354 e. The molecule has 2 aromatic rings. The molecule has 0 aromatic carbocycles. The number of hydrogen-bond donors (Lipinski definition) is 3. The van der Waals surface area contributed by atoms with E-state index in [1.54, 1.807) is 13.8 Å². The van der Waals surface area contributed by atoms with Crippen LogP contribution in [0.25, 0.3) is 0 Å². The minimum atomic E-state index is -3.48. The van der Waals surface area contributed by atoms with Crippen molar-refractivity contribution in [3.05, 3.63) is 33.7 Å². The molecular weight excluding hydrogens is 410 g/mol.